The molecule has 0 radical (unpaired) electrons. The van der Waals surface area contributed by atoms with E-state index < -0.39 is 5.72 Å². The molecule has 3 nitrogen and oxygen atoms in total. The third-order valence-corrected chi connectivity index (χ3v) is 6.22. The Labute approximate surface area is 163 Å². The van der Waals surface area contributed by atoms with Gasteiger partial charge in [0.2, 0.25) is 0 Å². The molecule has 0 spiro atoms. The molecule has 2 aliphatic heterocycles. The summed E-state index contributed by atoms with van der Waals surface area (Å²) >= 11 is 1.70. The lowest BCUT2D eigenvalue weighted by molar-refractivity contribution is -0.0724. The second-order valence-corrected chi connectivity index (χ2v) is 7.45. The molecule has 2 aliphatic rings. The number of thioether (sulfide) groups is 1. The summed E-state index contributed by atoms with van der Waals surface area (Å²) in [6.45, 7) is 1.70. The van der Waals surface area contributed by atoms with E-state index in [1.165, 1.54) is 6.42 Å². The Hall–Kier alpha value is -1.30. The van der Waals surface area contributed by atoms with Crippen molar-refractivity contribution in [2.24, 2.45) is 4.99 Å². The molecule has 1 saturated heterocycles. The van der Waals surface area contributed by atoms with Gasteiger partial charge in [-0.3, -0.25) is 4.99 Å². The first-order chi connectivity index (χ1) is 11.8. The molecule has 2 heterocycles. The SMILES string of the molecule is Br.OC1(c2ccccc2)C(c2ccccc2)SC2=NCCCCCN21. The first kappa shape index (κ1) is 18.5. The van der Waals surface area contributed by atoms with Gasteiger partial charge in [-0.15, -0.1) is 17.0 Å². The Morgan fingerprint density at radius 2 is 1.64 bits per heavy atom. The van der Waals surface area contributed by atoms with Crippen molar-refractivity contribution >= 4 is 33.9 Å². The number of halogens is 1. The van der Waals surface area contributed by atoms with Crippen LogP contribution in [0.25, 0.3) is 0 Å². The van der Waals surface area contributed by atoms with Crippen LogP contribution in [0.3, 0.4) is 0 Å². The van der Waals surface area contributed by atoms with Crippen molar-refractivity contribution in [1.82, 2.24) is 4.90 Å². The molecule has 2 unspecified atom stereocenters. The molecule has 0 amide bonds. The van der Waals surface area contributed by atoms with Gasteiger partial charge in [-0.25, -0.2) is 0 Å². The van der Waals surface area contributed by atoms with Crippen molar-refractivity contribution in [2.45, 2.75) is 30.2 Å². The molecular weight excluding hydrogens is 396 g/mol. The average molecular weight is 419 g/mol. The largest absolute Gasteiger partial charge is 0.365 e. The average Bonchev–Trinajstić information content (AvgIpc) is 2.89. The molecule has 2 atom stereocenters. The zero-order valence-corrected chi connectivity index (χ0v) is 16.6. The Bertz CT molecular complexity index is 725. The summed E-state index contributed by atoms with van der Waals surface area (Å²) in [6, 6.07) is 20.4. The number of benzene rings is 2. The smallest absolute Gasteiger partial charge is 0.182 e. The van der Waals surface area contributed by atoms with Gasteiger partial charge in [-0.1, -0.05) is 72.4 Å². The van der Waals surface area contributed by atoms with Gasteiger partial charge in [0.15, 0.2) is 10.9 Å². The third-order valence-electron chi connectivity index (χ3n) is 4.82. The lowest BCUT2D eigenvalue weighted by Crippen LogP contribution is -2.46. The second-order valence-electron chi connectivity index (χ2n) is 6.38. The molecule has 0 aromatic heterocycles. The highest BCUT2D eigenvalue weighted by molar-refractivity contribution is 8.93. The quantitative estimate of drug-likeness (QED) is 0.764. The van der Waals surface area contributed by atoms with Crippen LogP contribution >= 0.6 is 28.7 Å². The molecule has 2 aromatic rings. The summed E-state index contributed by atoms with van der Waals surface area (Å²) in [5.74, 6) is 0. The number of hydrogen-bond donors (Lipinski definition) is 1. The molecular formula is C20H23BrN2OS. The zero-order chi connectivity index (χ0) is 16.4. The minimum absolute atomic E-state index is 0. The number of amidine groups is 1. The number of aliphatic hydroxyl groups is 1. The summed E-state index contributed by atoms with van der Waals surface area (Å²) in [5.41, 5.74) is 1.03. The number of nitrogens with zero attached hydrogens (tertiary/aromatic N) is 2. The summed E-state index contributed by atoms with van der Waals surface area (Å²) in [4.78, 5) is 6.92. The van der Waals surface area contributed by atoms with Crippen LogP contribution in [-0.2, 0) is 5.72 Å². The van der Waals surface area contributed by atoms with Crippen LogP contribution in [0.1, 0.15) is 35.6 Å². The predicted octanol–water partition coefficient (Wildman–Crippen LogP) is 4.74. The van der Waals surface area contributed by atoms with E-state index in [2.05, 4.69) is 17.0 Å². The third kappa shape index (κ3) is 3.37. The van der Waals surface area contributed by atoms with Gasteiger partial charge in [0.05, 0.1) is 5.25 Å². The highest BCUT2D eigenvalue weighted by atomic mass is 79.9. The van der Waals surface area contributed by atoms with Crippen LogP contribution in [0.15, 0.2) is 65.7 Å². The van der Waals surface area contributed by atoms with Crippen LogP contribution in [0.2, 0.25) is 0 Å². The van der Waals surface area contributed by atoms with E-state index in [-0.39, 0.29) is 22.2 Å². The van der Waals surface area contributed by atoms with Crippen molar-refractivity contribution < 1.29 is 5.11 Å². The second kappa shape index (κ2) is 7.94. The lowest BCUT2D eigenvalue weighted by atomic mass is 9.92. The normalized spacial score (nSPS) is 26.0. The van der Waals surface area contributed by atoms with Gasteiger partial charge in [0, 0.05) is 18.7 Å². The van der Waals surface area contributed by atoms with Gasteiger partial charge < -0.3 is 10.0 Å². The molecule has 4 rings (SSSR count). The molecule has 0 bridgehead atoms. The predicted molar refractivity (Wildman–Crippen MR) is 110 cm³/mol. The Morgan fingerprint density at radius 3 is 2.36 bits per heavy atom. The molecule has 2 aromatic carbocycles. The van der Waals surface area contributed by atoms with Gasteiger partial charge >= 0.3 is 0 Å². The van der Waals surface area contributed by atoms with Crippen LogP contribution < -0.4 is 0 Å². The fraction of sp³-hybridized carbons (Fsp3) is 0.350. The van der Waals surface area contributed by atoms with Crippen LogP contribution in [0.4, 0.5) is 0 Å². The Kier molecular flexibility index (Phi) is 5.87. The van der Waals surface area contributed by atoms with Crippen molar-refractivity contribution in [1.29, 1.82) is 0 Å². The van der Waals surface area contributed by atoms with Crippen LogP contribution in [0.5, 0.6) is 0 Å². The van der Waals surface area contributed by atoms with E-state index >= 15 is 0 Å². The molecule has 5 heteroatoms. The monoisotopic (exact) mass is 418 g/mol. The first-order valence-electron chi connectivity index (χ1n) is 8.62. The number of hydrogen-bond acceptors (Lipinski definition) is 4. The molecule has 25 heavy (non-hydrogen) atoms. The maximum atomic E-state index is 11.9. The summed E-state index contributed by atoms with van der Waals surface area (Å²) in [7, 11) is 0. The van der Waals surface area contributed by atoms with Gasteiger partial charge in [-0.2, -0.15) is 0 Å². The first-order valence-corrected chi connectivity index (χ1v) is 9.50. The summed E-state index contributed by atoms with van der Waals surface area (Å²) in [5, 5.41) is 12.8. The van der Waals surface area contributed by atoms with Crippen molar-refractivity contribution in [3.05, 3.63) is 71.8 Å². The van der Waals surface area contributed by atoms with Gasteiger partial charge in [0.1, 0.15) is 0 Å². The topological polar surface area (TPSA) is 35.8 Å². The van der Waals surface area contributed by atoms with E-state index in [1.54, 1.807) is 11.8 Å². The van der Waals surface area contributed by atoms with E-state index in [9.17, 15) is 5.11 Å². The van der Waals surface area contributed by atoms with Gasteiger partial charge in [0.25, 0.3) is 0 Å². The minimum Gasteiger partial charge on any atom is -0.365 e. The molecule has 0 aliphatic carbocycles. The van der Waals surface area contributed by atoms with Gasteiger partial charge in [-0.05, 0) is 24.8 Å². The van der Waals surface area contributed by atoms with E-state index in [1.807, 2.05) is 48.5 Å². The zero-order valence-electron chi connectivity index (χ0n) is 14.0. The lowest BCUT2D eigenvalue weighted by Gasteiger charge is -2.38. The van der Waals surface area contributed by atoms with Crippen LogP contribution in [-0.4, -0.2) is 28.3 Å². The van der Waals surface area contributed by atoms with E-state index in [4.69, 9.17) is 4.99 Å². The standard InChI is InChI=1S/C20H22N2OS.BrH/c23-20(17-12-6-2-7-13-17)18(16-10-4-1-5-11-16)24-19-21-14-8-3-9-15-22(19)20;/h1-2,4-7,10-13,18,23H,3,8-9,14-15H2;1H. The van der Waals surface area contributed by atoms with Crippen molar-refractivity contribution in [3.8, 4) is 0 Å². The number of fused-ring (bicyclic) bond motifs is 1. The summed E-state index contributed by atoms with van der Waals surface area (Å²) < 4.78 is 0. The highest BCUT2D eigenvalue weighted by Crippen LogP contribution is 2.54. The maximum Gasteiger partial charge on any atom is 0.182 e. The Morgan fingerprint density at radius 1 is 0.960 bits per heavy atom. The number of aliphatic imine (C=N–C) groups is 1. The molecule has 0 saturated carbocycles. The van der Waals surface area contributed by atoms with Crippen molar-refractivity contribution in [3.63, 3.8) is 0 Å². The maximum absolute atomic E-state index is 11.9. The highest BCUT2D eigenvalue weighted by Gasteiger charge is 2.53. The number of rotatable bonds is 2. The summed E-state index contributed by atoms with van der Waals surface area (Å²) in [6.07, 6.45) is 3.40. The Balaban J connectivity index is 0.00000182. The van der Waals surface area contributed by atoms with Crippen molar-refractivity contribution in [2.75, 3.05) is 13.1 Å². The minimum atomic E-state index is -1.05. The molecule has 132 valence electrons. The fourth-order valence-corrected chi connectivity index (χ4v) is 5.03. The molecule has 1 fully saturated rings. The fourth-order valence-electron chi connectivity index (χ4n) is 3.58. The van der Waals surface area contributed by atoms with E-state index in [0.717, 1.165) is 42.2 Å². The van der Waals surface area contributed by atoms with E-state index in [0.29, 0.717) is 0 Å². The molecule has 1 N–H and O–H groups in total. The van der Waals surface area contributed by atoms with Crippen LogP contribution in [0, 0.1) is 0 Å².